The lowest BCUT2D eigenvalue weighted by atomic mass is 10.2. The van der Waals surface area contributed by atoms with E-state index in [1.54, 1.807) is 0 Å². The molecule has 2 aromatic rings. The van der Waals surface area contributed by atoms with Crippen molar-refractivity contribution in [1.82, 2.24) is 15.1 Å². The van der Waals surface area contributed by atoms with E-state index in [4.69, 9.17) is 4.74 Å². The first kappa shape index (κ1) is 21.2. The molecular formula is C22H34N5O2+. The molecule has 0 aliphatic carbocycles. The highest BCUT2D eigenvalue weighted by atomic mass is 16.5. The highest BCUT2D eigenvalue weighted by Crippen LogP contribution is 2.27. The van der Waals surface area contributed by atoms with E-state index in [9.17, 15) is 4.79 Å². The van der Waals surface area contributed by atoms with E-state index in [1.165, 1.54) is 10.6 Å². The number of carbonyl (C=O) groups excluding carboxylic acids is 1. The Kier molecular flexibility index (Phi) is 7.52. The van der Waals surface area contributed by atoms with E-state index < -0.39 is 0 Å². The van der Waals surface area contributed by atoms with Crippen molar-refractivity contribution >= 4 is 11.6 Å². The molecule has 2 heterocycles. The van der Waals surface area contributed by atoms with Gasteiger partial charge < -0.3 is 19.9 Å². The summed E-state index contributed by atoms with van der Waals surface area (Å²) in [6, 6.07) is 10.3. The predicted molar refractivity (Wildman–Crippen MR) is 115 cm³/mol. The molecule has 0 atom stereocenters. The maximum Gasteiger partial charge on any atom is 0.275 e. The van der Waals surface area contributed by atoms with Gasteiger partial charge in [0.1, 0.15) is 5.75 Å². The van der Waals surface area contributed by atoms with Crippen LogP contribution in [0.3, 0.4) is 0 Å². The Morgan fingerprint density at radius 3 is 2.69 bits per heavy atom. The summed E-state index contributed by atoms with van der Waals surface area (Å²) < 4.78 is 7.76. The number of nitrogens with one attached hydrogen (secondary N) is 2. The number of aryl methyl sites for hydroxylation is 3. The maximum atomic E-state index is 12.3. The van der Waals surface area contributed by atoms with Gasteiger partial charge in [-0.1, -0.05) is 12.1 Å². The Bertz CT molecular complexity index is 796. The lowest BCUT2D eigenvalue weighted by Gasteiger charge is -2.34. The molecule has 1 aliphatic heterocycles. The molecule has 0 radical (unpaired) electrons. The summed E-state index contributed by atoms with van der Waals surface area (Å²) in [4.78, 5) is 16.0. The van der Waals surface area contributed by atoms with Crippen molar-refractivity contribution in [2.75, 3.05) is 50.8 Å². The average molecular weight is 401 g/mol. The minimum Gasteiger partial charge on any atom is -0.492 e. The van der Waals surface area contributed by atoms with Gasteiger partial charge in [-0.15, -0.1) is 0 Å². The monoisotopic (exact) mass is 400 g/mol. The number of piperazine rings is 1. The van der Waals surface area contributed by atoms with Crippen LogP contribution in [0.4, 0.5) is 5.69 Å². The number of para-hydroxylation sites is 2. The third-order valence-corrected chi connectivity index (χ3v) is 5.36. The molecule has 29 heavy (non-hydrogen) atoms. The van der Waals surface area contributed by atoms with Crippen molar-refractivity contribution in [3.8, 4) is 5.75 Å². The molecule has 1 amide bonds. The number of nitrogens with zero attached hydrogens (tertiary/aromatic N) is 3. The van der Waals surface area contributed by atoms with Crippen molar-refractivity contribution < 1.29 is 14.4 Å². The van der Waals surface area contributed by atoms with E-state index in [1.807, 2.05) is 30.7 Å². The third-order valence-electron chi connectivity index (χ3n) is 5.36. The largest absolute Gasteiger partial charge is 0.492 e. The highest BCUT2D eigenvalue weighted by Gasteiger charge is 2.23. The van der Waals surface area contributed by atoms with Gasteiger partial charge in [0, 0.05) is 18.8 Å². The van der Waals surface area contributed by atoms with Crippen LogP contribution >= 0.6 is 0 Å². The lowest BCUT2D eigenvalue weighted by molar-refractivity contribution is -0.892. The second-order valence-electron chi connectivity index (χ2n) is 7.67. The number of ether oxygens (including phenoxy) is 1. The fourth-order valence-electron chi connectivity index (χ4n) is 3.88. The summed E-state index contributed by atoms with van der Waals surface area (Å²) in [5, 5.41) is 7.52. The quantitative estimate of drug-likeness (QED) is 0.612. The minimum atomic E-state index is 0.136. The van der Waals surface area contributed by atoms with E-state index in [0.29, 0.717) is 19.7 Å². The SMILES string of the molecule is CCOc1ccccc1N1CC[NH+](CC(=O)NCCCn2nc(C)cc2C)CC1. The fourth-order valence-corrected chi connectivity index (χ4v) is 3.88. The van der Waals surface area contributed by atoms with E-state index in [0.717, 1.165) is 56.3 Å². The molecule has 1 aliphatic rings. The van der Waals surface area contributed by atoms with Gasteiger partial charge >= 0.3 is 0 Å². The van der Waals surface area contributed by atoms with Gasteiger partial charge in [0.25, 0.3) is 5.91 Å². The first-order chi connectivity index (χ1) is 14.1. The van der Waals surface area contributed by atoms with Gasteiger partial charge in [-0.25, -0.2) is 0 Å². The second-order valence-corrected chi connectivity index (χ2v) is 7.67. The van der Waals surface area contributed by atoms with E-state index in [-0.39, 0.29) is 5.91 Å². The molecule has 1 aromatic heterocycles. The Hall–Kier alpha value is -2.54. The Balaban J connectivity index is 1.37. The van der Waals surface area contributed by atoms with Crippen LogP contribution in [0.15, 0.2) is 30.3 Å². The van der Waals surface area contributed by atoms with E-state index >= 15 is 0 Å². The summed E-state index contributed by atoms with van der Waals surface area (Å²) >= 11 is 0. The summed E-state index contributed by atoms with van der Waals surface area (Å²) in [7, 11) is 0. The molecule has 2 N–H and O–H groups in total. The number of hydrogen-bond donors (Lipinski definition) is 2. The number of anilines is 1. The van der Waals surface area contributed by atoms with Crippen LogP contribution < -0.4 is 19.9 Å². The van der Waals surface area contributed by atoms with Crippen LogP contribution in [0.25, 0.3) is 0 Å². The Labute approximate surface area is 173 Å². The molecule has 0 bridgehead atoms. The number of carbonyl (C=O) groups is 1. The lowest BCUT2D eigenvalue weighted by Crippen LogP contribution is -3.15. The van der Waals surface area contributed by atoms with Crippen molar-refractivity contribution in [2.45, 2.75) is 33.7 Å². The third kappa shape index (κ3) is 5.97. The van der Waals surface area contributed by atoms with Crippen molar-refractivity contribution in [3.63, 3.8) is 0 Å². The number of benzene rings is 1. The van der Waals surface area contributed by atoms with Crippen LogP contribution in [0.1, 0.15) is 24.7 Å². The van der Waals surface area contributed by atoms with Gasteiger partial charge in [0.2, 0.25) is 0 Å². The molecule has 7 nitrogen and oxygen atoms in total. The molecule has 0 unspecified atom stereocenters. The Morgan fingerprint density at radius 2 is 2.00 bits per heavy atom. The van der Waals surface area contributed by atoms with Crippen LogP contribution in [0.2, 0.25) is 0 Å². The van der Waals surface area contributed by atoms with E-state index in [2.05, 4.69) is 40.4 Å². The summed E-state index contributed by atoms with van der Waals surface area (Å²) in [5.74, 6) is 1.08. The minimum absolute atomic E-state index is 0.136. The van der Waals surface area contributed by atoms with Crippen LogP contribution in [-0.4, -0.2) is 61.6 Å². The van der Waals surface area contributed by atoms with Gasteiger partial charge in [-0.3, -0.25) is 9.48 Å². The Morgan fingerprint density at radius 1 is 1.24 bits per heavy atom. The standard InChI is InChI=1S/C22H33N5O2/c1-4-29-21-9-6-5-8-20(21)26-14-12-25(13-15-26)17-22(28)23-10-7-11-27-19(3)16-18(2)24-27/h5-6,8-9,16H,4,7,10-15,17H2,1-3H3,(H,23,28)/p+1. The number of aromatic nitrogens is 2. The molecule has 3 rings (SSSR count). The molecule has 0 saturated carbocycles. The summed E-state index contributed by atoms with van der Waals surface area (Å²) in [6.07, 6.45) is 0.894. The smallest absolute Gasteiger partial charge is 0.275 e. The maximum absolute atomic E-state index is 12.3. The average Bonchev–Trinajstić information content (AvgIpc) is 3.04. The first-order valence-corrected chi connectivity index (χ1v) is 10.6. The fraction of sp³-hybridized carbons (Fsp3) is 0.545. The second kappa shape index (κ2) is 10.3. The van der Waals surface area contributed by atoms with Crippen LogP contribution in [0.5, 0.6) is 5.75 Å². The van der Waals surface area contributed by atoms with Crippen LogP contribution in [-0.2, 0) is 11.3 Å². The molecule has 1 fully saturated rings. The normalized spacial score (nSPS) is 14.8. The summed E-state index contributed by atoms with van der Waals surface area (Å²) in [6.45, 7) is 12.6. The number of rotatable bonds is 9. The molecule has 158 valence electrons. The molecule has 1 saturated heterocycles. The van der Waals surface area contributed by atoms with Crippen molar-refractivity contribution in [2.24, 2.45) is 0 Å². The first-order valence-electron chi connectivity index (χ1n) is 10.6. The van der Waals surface area contributed by atoms with Gasteiger partial charge in [-0.05, 0) is 45.4 Å². The zero-order chi connectivity index (χ0) is 20.6. The van der Waals surface area contributed by atoms with Crippen molar-refractivity contribution in [1.29, 1.82) is 0 Å². The van der Waals surface area contributed by atoms with Crippen molar-refractivity contribution in [3.05, 3.63) is 41.7 Å². The van der Waals surface area contributed by atoms with Gasteiger partial charge in [0.15, 0.2) is 6.54 Å². The molecule has 0 spiro atoms. The zero-order valence-corrected chi connectivity index (χ0v) is 17.9. The van der Waals surface area contributed by atoms with Crippen LogP contribution in [0, 0.1) is 13.8 Å². The topological polar surface area (TPSA) is 63.8 Å². The highest BCUT2D eigenvalue weighted by molar-refractivity contribution is 5.76. The number of hydrogen-bond acceptors (Lipinski definition) is 4. The molecule has 1 aromatic carbocycles. The summed E-state index contributed by atoms with van der Waals surface area (Å²) in [5.41, 5.74) is 3.36. The number of quaternary nitrogens is 1. The predicted octanol–water partition coefficient (Wildman–Crippen LogP) is 0.810. The zero-order valence-electron chi connectivity index (χ0n) is 17.9. The van der Waals surface area contributed by atoms with Gasteiger partial charge in [-0.2, -0.15) is 5.10 Å². The molecular weight excluding hydrogens is 366 g/mol. The number of amides is 1. The van der Waals surface area contributed by atoms with Gasteiger partial charge in [0.05, 0.1) is 44.2 Å². The molecule has 7 heteroatoms.